The maximum absolute atomic E-state index is 14.6. The van der Waals surface area contributed by atoms with Crippen molar-refractivity contribution in [2.24, 2.45) is 0 Å². The Balaban J connectivity index is 1.35. The van der Waals surface area contributed by atoms with Crippen LogP contribution in [0.25, 0.3) is 0 Å². The molecule has 0 aromatic heterocycles. The van der Waals surface area contributed by atoms with E-state index in [2.05, 4.69) is 9.80 Å². The molecule has 0 spiro atoms. The van der Waals surface area contributed by atoms with E-state index in [1.54, 1.807) is 0 Å². The Labute approximate surface area is 264 Å². The molecule has 12 heteroatoms. The molecule has 0 saturated carbocycles. The van der Waals surface area contributed by atoms with Crippen LogP contribution in [0.15, 0.2) is 36.4 Å². The van der Waals surface area contributed by atoms with Gasteiger partial charge in [-0.15, -0.1) is 0 Å². The number of likely N-dealkylation sites (tertiary alicyclic amines) is 3. The highest BCUT2D eigenvalue weighted by Gasteiger charge is 2.40. The van der Waals surface area contributed by atoms with E-state index < -0.39 is 52.9 Å². The Hall–Kier alpha value is -2.73. The van der Waals surface area contributed by atoms with Crippen LogP contribution in [0.1, 0.15) is 80.0 Å². The summed E-state index contributed by atoms with van der Waals surface area (Å²) in [6.45, 7) is 5.08. The van der Waals surface area contributed by atoms with Gasteiger partial charge in [0.1, 0.15) is 0 Å². The predicted octanol–water partition coefficient (Wildman–Crippen LogP) is 7.84. The smallest absolute Gasteiger partial charge is 0.342 e. The Bertz CT molecular complexity index is 1320. The molecule has 3 aliphatic heterocycles. The van der Waals surface area contributed by atoms with Gasteiger partial charge < -0.3 is 14.7 Å². The standard InChI is InChI=1S/C34H41F8N3O/c35-29-7-6-25(22-30(29)36)32(11-17-43-15-8-28(9-16-43)44-12-3-1-4-13-44)10-2-5-14-45(23-32)31(46)20-24-18-26(33(37,38)39)21-27(19-24)34(40,41)42/h6-7,18-19,21-22,28H,1-5,8-17,20,23H2/t32-/m1/s1. The number of amides is 1. The molecule has 2 aromatic rings. The summed E-state index contributed by atoms with van der Waals surface area (Å²) in [5, 5.41) is 0. The summed E-state index contributed by atoms with van der Waals surface area (Å²) in [6.07, 6.45) is -2.54. The number of hydrogen-bond acceptors (Lipinski definition) is 3. The van der Waals surface area contributed by atoms with Gasteiger partial charge in [0.2, 0.25) is 5.91 Å². The van der Waals surface area contributed by atoms with Crippen molar-refractivity contribution < 1.29 is 39.9 Å². The molecule has 0 bridgehead atoms. The van der Waals surface area contributed by atoms with E-state index in [4.69, 9.17) is 0 Å². The van der Waals surface area contributed by atoms with Crippen molar-refractivity contribution >= 4 is 5.91 Å². The molecule has 2 aromatic carbocycles. The Morgan fingerprint density at radius 2 is 1.39 bits per heavy atom. The maximum Gasteiger partial charge on any atom is 0.416 e. The van der Waals surface area contributed by atoms with Crippen molar-refractivity contribution in [1.82, 2.24) is 14.7 Å². The first-order valence-corrected chi connectivity index (χ1v) is 16.2. The van der Waals surface area contributed by atoms with Crippen molar-refractivity contribution in [3.05, 3.63) is 70.3 Å². The second-order valence-electron chi connectivity index (χ2n) is 13.2. The van der Waals surface area contributed by atoms with Crippen molar-refractivity contribution in [1.29, 1.82) is 0 Å². The Morgan fingerprint density at radius 1 is 0.761 bits per heavy atom. The number of hydrogen-bond donors (Lipinski definition) is 0. The predicted molar refractivity (Wildman–Crippen MR) is 158 cm³/mol. The lowest BCUT2D eigenvalue weighted by molar-refractivity contribution is -0.143. The van der Waals surface area contributed by atoms with Crippen LogP contribution in [0.4, 0.5) is 35.1 Å². The molecule has 3 heterocycles. The number of nitrogens with zero attached hydrogens (tertiary/aromatic N) is 3. The summed E-state index contributed by atoms with van der Waals surface area (Å²) in [5.74, 6) is -2.61. The minimum absolute atomic E-state index is 0.0450. The number of rotatable bonds is 7. The zero-order chi connectivity index (χ0) is 33.1. The van der Waals surface area contributed by atoms with Crippen molar-refractivity contribution in [3.8, 4) is 0 Å². The molecule has 1 atom stereocenters. The lowest BCUT2D eigenvalue weighted by Crippen LogP contribution is -2.48. The van der Waals surface area contributed by atoms with Gasteiger partial charge in [0, 0.05) is 24.5 Å². The zero-order valence-electron chi connectivity index (χ0n) is 25.8. The molecule has 1 amide bonds. The first-order valence-electron chi connectivity index (χ1n) is 16.2. The second kappa shape index (κ2) is 14.2. The second-order valence-corrected chi connectivity index (χ2v) is 13.2. The molecule has 5 rings (SSSR count). The Morgan fingerprint density at radius 3 is 2.00 bits per heavy atom. The summed E-state index contributed by atoms with van der Waals surface area (Å²) in [4.78, 5) is 20.0. The number of carbonyl (C=O) groups is 1. The van der Waals surface area contributed by atoms with Gasteiger partial charge in [0.25, 0.3) is 0 Å². The van der Waals surface area contributed by atoms with Crippen LogP contribution in [0.3, 0.4) is 0 Å². The number of halogens is 8. The highest BCUT2D eigenvalue weighted by Crippen LogP contribution is 2.40. The molecular weight excluding hydrogens is 618 g/mol. The van der Waals surface area contributed by atoms with Gasteiger partial charge in [-0.1, -0.05) is 18.9 Å². The zero-order valence-corrected chi connectivity index (χ0v) is 25.8. The van der Waals surface area contributed by atoms with Crippen LogP contribution in [0.2, 0.25) is 0 Å². The first-order chi connectivity index (χ1) is 21.7. The summed E-state index contributed by atoms with van der Waals surface area (Å²) in [6, 6.07) is 5.52. The van der Waals surface area contributed by atoms with Crippen LogP contribution in [-0.4, -0.2) is 72.5 Å². The molecule has 254 valence electrons. The molecule has 4 nitrogen and oxygen atoms in total. The van der Waals surface area contributed by atoms with E-state index in [-0.39, 0.29) is 24.7 Å². The molecule has 0 aliphatic carbocycles. The van der Waals surface area contributed by atoms with Crippen LogP contribution in [-0.2, 0) is 29.0 Å². The Kier molecular flexibility index (Phi) is 10.7. The van der Waals surface area contributed by atoms with Gasteiger partial charge in [-0.25, -0.2) is 8.78 Å². The van der Waals surface area contributed by atoms with Crippen molar-refractivity contribution in [3.63, 3.8) is 0 Å². The molecule has 3 fully saturated rings. The normalized spacial score (nSPS) is 23.0. The van der Waals surface area contributed by atoms with E-state index in [0.717, 1.165) is 51.2 Å². The first kappa shape index (κ1) is 34.6. The number of carbonyl (C=O) groups excluding carboxylic acids is 1. The number of alkyl halides is 6. The topological polar surface area (TPSA) is 26.8 Å². The van der Waals surface area contributed by atoms with Gasteiger partial charge in [0.05, 0.1) is 17.5 Å². The van der Waals surface area contributed by atoms with E-state index in [1.165, 1.54) is 30.2 Å². The molecule has 3 saturated heterocycles. The maximum atomic E-state index is 14.6. The quantitative estimate of drug-likeness (QED) is 0.284. The van der Waals surface area contributed by atoms with Gasteiger partial charge >= 0.3 is 12.4 Å². The fourth-order valence-electron chi connectivity index (χ4n) is 7.48. The molecule has 0 N–H and O–H groups in total. The minimum atomic E-state index is -5.02. The van der Waals surface area contributed by atoms with E-state index >= 15 is 0 Å². The number of benzene rings is 2. The van der Waals surface area contributed by atoms with E-state index in [9.17, 15) is 39.9 Å². The summed E-state index contributed by atoms with van der Waals surface area (Å²) < 4.78 is 109. The van der Waals surface area contributed by atoms with Crippen LogP contribution in [0.5, 0.6) is 0 Å². The SMILES string of the molecule is O=C(Cc1cc(C(F)(F)F)cc(C(F)(F)F)c1)N1CCCC[C@](CCN2CCC(N3CCCCC3)CC2)(c2ccc(F)c(F)c2)C1. The third kappa shape index (κ3) is 8.40. The molecule has 46 heavy (non-hydrogen) atoms. The van der Waals surface area contributed by atoms with Gasteiger partial charge in [0.15, 0.2) is 11.6 Å². The summed E-state index contributed by atoms with van der Waals surface area (Å²) >= 11 is 0. The van der Waals surface area contributed by atoms with Crippen LogP contribution < -0.4 is 0 Å². The molecule has 0 unspecified atom stereocenters. The van der Waals surface area contributed by atoms with Crippen LogP contribution in [0, 0.1) is 11.6 Å². The van der Waals surface area contributed by atoms with E-state index in [0.29, 0.717) is 56.0 Å². The molecule has 3 aliphatic rings. The molecular formula is C34H41F8N3O. The van der Waals surface area contributed by atoms with E-state index in [1.807, 2.05) is 0 Å². The third-order valence-corrected chi connectivity index (χ3v) is 10.1. The highest BCUT2D eigenvalue weighted by atomic mass is 19.4. The average molecular weight is 660 g/mol. The van der Waals surface area contributed by atoms with Gasteiger partial charge in [-0.2, -0.15) is 26.3 Å². The van der Waals surface area contributed by atoms with Gasteiger partial charge in [-0.3, -0.25) is 4.79 Å². The van der Waals surface area contributed by atoms with Crippen molar-refractivity contribution in [2.75, 3.05) is 45.8 Å². The lowest BCUT2D eigenvalue weighted by atomic mass is 9.73. The average Bonchev–Trinajstić information content (AvgIpc) is 3.25. The lowest BCUT2D eigenvalue weighted by Gasteiger charge is -2.42. The fourth-order valence-corrected chi connectivity index (χ4v) is 7.48. The fraction of sp³-hybridized carbons (Fsp3) is 0.618. The largest absolute Gasteiger partial charge is 0.416 e. The monoisotopic (exact) mass is 659 g/mol. The highest BCUT2D eigenvalue weighted by molar-refractivity contribution is 5.79. The summed E-state index contributed by atoms with van der Waals surface area (Å²) in [7, 11) is 0. The minimum Gasteiger partial charge on any atom is -0.342 e. The van der Waals surface area contributed by atoms with Crippen LogP contribution >= 0.6 is 0 Å². The third-order valence-electron chi connectivity index (χ3n) is 10.1. The number of piperidine rings is 2. The van der Waals surface area contributed by atoms with Gasteiger partial charge in [-0.05, 0) is 119 Å². The van der Waals surface area contributed by atoms with Crippen molar-refractivity contribution in [2.45, 2.75) is 88.0 Å². The summed E-state index contributed by atoms with van der Waals surface area (Å²) in [5.41, 5.74) is -3.56. The molecule has 0 radical (unpaired) electrons.